The van der Waals surface area contributed by atoms with Crippen molar-refractivity contribution in [3.05, 3.63) is 53.6 Å². The molecule has 2 N–H and O–H groups in total. The molecule has 0 amide bonds. The second kappa shape index (κ2) is 4.94. The van der Waals surface area contributed by atoms with E-state index in [1.807, 2.05) is 12.3 Å². The Morgan fingerprint density at radius 3 is 2.69 bits per heavy atom. The van der Waals surface area contributed by atoms with Gasteiger partial charge in [0, 0.05) is 31.4 Å². The molecule has 0 unspecified atom stereocenters. The van der Waals surface area contributed by atoms with Crippen molar-refractivity contribution in [3.63, 3.8) is 0 Å². The second-order valence-corrected chi connectivity index (χ2v) is 3.92. The first kappa shape index (κ1) is 10.9. The second-order valence-electron chi connectivity index (χ2n) is 3.92. The van der Waals surface area contributed by atoms with Gasteiger partial charge in [0.2, 0.25) is 0 Å². The van der Waals surface area contributed by atoms with E-state index in [-0.39, 0.29) is 0 Å². The van der Waals surface area contributed by atoms with Gasteiger partial charge < -0.3 is 10.3 Å². The summed E-state index contributed by atoms with van der Waals surface area (Å²) in [4.78, 5) is 4.44. The summed E-state index contributed by atoms with van der Waals surface area (Å²) in [5, 5.41) is 0. The van der Waals surface area contributed by atoms with Crippen molar-refractivity contribution in [1.29, 1.82) is 0 Å². The van der Waals surface area contributed by atoms with E-state index in [0.717, 1.165) is 18.8 Å². The van der Waals surface area contributed by atoms with Gasteiger partial charge in [-0.05, 0) is 12.5 Å². The summed E-state index contributed by atoms with van der Waals surface area (Å²) >= 11 is 0. The van der Waals surface area contributed by atoms with Gasteiger partial charge in [-0.1, -0.05) is 30.3 Å². The zero-order chi connectivity index (χ0) is 11.4. The van der Waals surface area contributed by atoms with Crippen LogP contribution in [0.3, 0.4) is 0 Å². The lowest BCUT2D eigenvalue weighted by atomic mass is 10.1. The maximum atomic E-state index is 5.60. The standard InChI is InChI=1S/C13H17N3/c1-11-10-15-13(16(11)8-7-14)9-12-5-3-2-4-6-12/h2-6,10H,7-9,14H2,1H3. The van der Waals surface area contributed by atoms with Crippen molar-refractivity contribution in [1.82, 2.24) is 9.55 Å². The summed E-state index contributed by atoms with van der Waals surface area (Å²) in [6.07, 6.45) is 2.78. The number of rotatable bonds is 4. The van der Waals surface area contributed by atoms with Crippen LogP contribution in [0, 0.1) is 6.92 Å². The van der Waals surface area contributed by atoms with Gasteiger partial charge in [0.1, 0.15) is 5.82 Å². The maximum absolute atomic E-state index is 5.60. The van der Waals surface area contributed by atoms with Crippen LogP contribution in [0.5, 0.6) is 0 Å². The minimum absolute atomic E-state index is 0.652. The van der Waals surface area contributed by atoms with Crippen LogP contribution >= 0.6 is 0 Å². The van der Waals surface area contributed by atoms with Crippen LogP contribution in [-0.4, -0.2) is 16.1 Å². The summed E-state index contributed by atoms with van der Waals surface area (Å²) in [5.41, 5.74) is 8.06. The van der Waals surface area contributed by atoms with Gasteiger partial charge in [0.05, 0.1) is 0 Å². The zero-order valence-corrected chi connectivity index (χ0v) is 9.56. The Kier molecular flexibility index (Phi) is 3.37. The lowest BCUT2D eigenvalue weighted by Gasteiger charge is -2.08. The summed E-state index contributed by atoms with van der Waals surface area (Å²) < 4.78 is 2.19. The average Bonchev–Trinajstić information content (AvgIpc) is 2.64. The van der Waals surface area contributed by atoms with Crippen LogP contribution in [0.15, 0.2) is 36.5 Å². The van der Waals surface area contributed by atoms with Gasteiger partial charge in [0.15, 0.2) is 0 Å². The van der Waals surface area contributed by atoms with Crippen LogP contribution in [-0.2, 0) is 13.0 Å². The minimum atomic E-state index is 0.652. The molecule has 1 aromatic heterocycles. The van der Waals surface area contributed by atoms with Gasteiger partial charge >= 0.3 is 0 Å². The first-order chi connectivity index (χ1) is 7.81. The quantitative estimate of drug-likeness (QED) is 0.844. The molecule has 0 radical (unpaired) electrons. The van der Waals surface area contributed by atoms with E-state index in [0.29, 0.717) is 6.54 Å². The largest absolute Gasteiger partial charge is 0.331 e. The molecule has 1 heterocycles. The molecule has 16 heavy (non-hydrogen) atoms. The summed E-state index contributed by atoms with van der Waals surface area (Å²) in [6, 6.07) is 10.4. The summed E-state index contributed by atoms with van der Waals surface area (Å²) in [5.74, 6) is 1.09. The number of hydrogen-bond donors (Lipinski definition) is 1. The van der Waals surface area contributed by atoms with E-state index >= 15 is 0 Å². The molecule has 3 heteroatoms. The van der Waals surface area contributed by atoms with E-state index in [2.05, 4.69) is 40.7 Å². The third-order valence-electron chi connectivity index (χ3n) is 2.70. The fourth-order valence-electron chi connectivity index (χ4n) is 1.86. The van der Waals surface area contributed by atoms with Crippen molar-refractivity contribution in [3.8, 4) is 0 Å². The van der Waals surface area contributed by atoms with E-state index in [4.69, 9.17) is 5.73 Å². The van der Waals surface area contributed by atoms with E-state index in [1.54, 1.807) is 0 Å². The number of nitrogens with two attached hydrogens (primary N) is 1. The highest BCUT2D eigenvalue weighted by molar-refractivity contribution is 5.20. The Bertz CT molecular complexity index is 445. The molecular weight excluding hydrogens is 198 g/mol. The Morgan fingerprint density at radius 1 is 1.25 bits per heavy atom. The van der Waals surface area contributed by atoms with E-state index < -0.39 is 0 Å². The Hall–Kier alpha value is -1.61. The fraction of sp³-hybridized carbons (Fsp3) is 0.308. The number of aryl methyl sites for hydroxylation is 1. The highest BCUT2D eigenvalue weighted by Gasteiger charge is 2.06. The van der Waals surface area contributed by atoms with Gasteiger partial charge in [-0.2, -0.15) is 0 Å². The van der Waals surface area contributed by atoms with Gasteiger partial charge in [-0.25, -0.2) is 4.98 Å². The summed E-state index contributed by atoms with van der Waals surface area (Å²) in [6.45, 7) is 3.56. The van der Waals surface area contributed by atoms with Crippen LogP contribution in [0.4, 0.5) is 0 Å². The molecule has 0 aliphatic heterocycles. The Morgan fingerprint density at radius 2 is 2.00 bits per heavy atom. The SMILES string of the molecule is Cc1cnc(Cc2ccccc2)n1CCN. The number of aromatic nitrogens is 2. The third-order valence-corrected chi connectivity index (χ3v) is 2.70. The van der Waals surface area contributed by atoms with Gasteiger partial charge in [-0.3, -0.25) is 0 Å². The normalized spacial score (nSPS) is 10.6. The number of nitrogens with zero attached hydrogens (tertiary/aromatic N) is 2. The van der Waals surface area contributed by atoms with Crippen LogP contribution in [0.1, 0.15) is 17.1 Å². The zero-order valence-electron chi connectivity index (χ0n) is 9.56. The molecule has 0 saturated carbocycles. The lowest BCUT2D eigenvalue weighted by Crippen LogP contribution is -2.14. The van der Waals surface area contributed by atoms with Crippen molar-refractivity contribution in [2.45, 2.75) is 19.9 Å². The highest BCUT2D eigenvalue weighted by Crippen LogP contribution is 2.10. The van der Waals surface area contributed by atoms with Crippen LogP contribution in [0.2, 0.25) is 0 Å². The predicted octanol–water partition coefficient (Wildman–Crippen LogP) is 1.74. The first-order valence-corrected chi connectivity index (χ1v) is 5.56. The molecule has 84 valence electrons. The number of imidazole rings is 1. The number of benzene rings is 1. The molecule has 0 bridgehead atoms. The Labute approximate surface area is 95.9 Å². The van der Waals surface area contributed by atoms with Gasteiger partial charge in [0.25, 0.3) is 0 Å². The first-order valence-electron chi connectivity index (χ1n) is 5.56. The maximum Gasteiger partial charge on any atom is 0.113 e. The molecular formula is C13H17N3. The minimum Gasteiger partial charge on any atom is -0.331 e. The molecule has 0 aliphatic rings. The monoisotopic (exact) mass is 215 g/mol. The topological polar surface area (TPSA) is 43.8 Å². The molecule has 1 aromatic carbocycles. The van der Waals surface area contributed by atoms with Crippen LogP contribution in [0.25, 0.3) is 0 Å². The van der Waals surface area contributed by atoms with Gasteiger partial charge in [-0.15, -0.1) is 0 Å². The van der Waals surface area contributed by atoms with Crippen molar-refractivity contribution < 1.29 is 0 Å². The van der Waals surface area contributed by atoms with Crippen LogP contribution < -0.4 is 5.73 Å². The van der Waals surface area contributed by atoms with Crippen molar-refractivity contribution >= 4 is 0 Å². The smallest absolute Gasteiger partial charge is 0.113 e. The van der Waals surface area contributed by atoms with Crippen molar-refractivity contribution in [2.75, 3.05) is 6.54 Å². The highest BCUT2D eigenvalue weighted by atomic mass is 15.1. The predicted molar refractivity (Wildman–Crippen MR) is 65.3 cm³/mol. The molecule has 0 saturated heterocycles. The number of hydrogen-bond acceptors (Lipinski definition) is 2. The molecule has 0 fully saturated rings. The fourth-order valence-corrected chi connectivity index (χ4v) is 1.86. The third kappa shape index (κ3) is 2.31. The molecule has 0 aliphatic carbocycles. The molecule has 0 spiro atoms. The molecule has 0 atom stereocenters. The molecule has 2 aromatic rings. The van der Waals surface area contributed by atoms with E-state index in [9.17, 15) is 0 Å². The summed E-state index contributed by atoms with van der Waals surface area (Å²) in [7, 11) is 0. The average molecular weight is 215 g/mol. The lowest BCUT2D eigenvalue weighted by molar-refractivity contribution is 0.655. The van der Waals surface area contributed by atoms with Crippen molar-refractivity contribution in [2.24, 2.45) is 5.73 Å². The molecule has 2 rings (SSSR count). The van der Waals surface area contributed by atoms with E-state index in [1.165, 1.54) is 11.3 Å². The molecule has 3 nitrogen and oxygen atoms in total. The Balaban J connectivity index is 2.21.